The summed E-state index contributed by atoms with van der Waals surface area (Å²) in [6.07, 6.45) is 8.08. The molecule has 1 aliphatic rings. The highest BCUT2D eigenvalue weighted by Gasteiger charge is 2.16. The summed E-state index contributed by atoms with van der Waals surface area (Å²) in [5.74, 6) is -0.606. The van der Waals surface area contributed by atoms with E-state index in [0.29, 0.717) is 13.0 Å². The normalized spacial score (nSPS) is 17.7. The van der Waals surface area contributed by atoms with Crippen molar-refractivity contribution in [2.24, 2.45) is 11.8 Å². The average molecular weight is 270 g/mol. The maximum Gasteiger partial charge on any atom is 0.314 e. The Morgan fingerprint density at radius 3 is 2.47 bits per heavy atom. The van der Waals surface area contributed by atoms with Gasteiger partial charge in [-0.05, 0) is 18.8 Å². The van der Waals surface area contributed by atoms with Gasteiger partial charge in [0, 0.05) is 13.1 Å². The highest BCUT2D eigenvalue weighted by Crippen LogP contribution is 2.25. The van der Waals surface area contributed by atoms with Crippen LogP contribution < -0.4 is 10.6 Å². The first-order valence-electron chi connectivity index (χ1n) is 7.38. The summed E-state index contributed by atoms with van der Waals surface area (Å²) in [6.45, 7) is 2.68. The molecule has 1 fully saturated rings. The zero-order chi connectivity index (χ0) is 14.1. The topological polar surface area (TPSA) is 78.4 Å². The number of nitrogens with one attached hydrogen (secondary N) is 2. The molecule has 0 saturated heterocycles. The Morgan fingerprint density at radius 1 is 1.21 bits per heavy atom. The second-order valence-electron chi connectivity index (χ2n) is 5.37. The second kappa shape index (κ2) is 8.77. The molecule has 2 amide bonds. The molecule has 0 radical (unpaired) electrons. The van der Waals surface area contributed by atoms with Crippen LogP contribution in [0.4, 0.5) is 4.79 Å². The molecule has 0 aromatic rings. The van der Waals surface area contributed by atoms with Crippen LogP contribution in [-0.4, -0.2) is 30.2 Å². The summed E-state index contributed by atoms with van der Waals surface area (Å²) >= 11 is 0. The predicted molar refractivity (Wildman–Crippen MR) is 74.0 cm³/mol. The van der Waals surface area contributed by atoms with E-state index in [9.17, 15) is 9.59 Å². The molecule has 0 heterocycles. The van der Waals surface area contributed by atoms with Crippen LogP contribution in [-0.2, 0) is 4.79 Å². The number of amides is 2. The molecule has 3 N–H and O–H groups in total. The lowest BCUT2D eigenvalue weighted by molar-refractivity contribution is -0.141. The van der Waals surface area contributed by atoms with E-state index in [1.165, 1.54) is 32.1 Å². The number of hydrogen-bond acceptors (Lipinski definition) is 2. The van der Waals surface area contributed by atoms with Crippen LogP contribution in [0.5, 0.6) is 0 Å². The zero-order valence-electron chi connectivity index (χ0n) is 11.8. The van der Waals surface area contributed by atoms with E-state index in [4.69, 9.17) is 5.11 Å². The van der Waals surface area contributed by atoms with Gasteiger partial charge >= 0.3 is 12.0 Å². The molecule has 0 bridgehead atoms. The van der Waals surface area contributed by atoms with Crippen molar-refractivity contribution in [2.45, 2.75) is 51.9 Å². The number of carbonyl (C=O) groups is 2. The van der Waals surface area contributed by atoms with Gasteiger partial charge in [-0.2, -0.15) is 0 Å². The van der Waals surface area contributed by atoms with E-state index in [-0.39, 0.29) is 12.6 Å². The third kappa shape index (κ3) is 6.45. The molecule has 1 saturated carbocycles. The molecule has 5 nitrogen and oxygen atoms in total. The van der Waals surface area contributed by atoms with Crippen molar-refractivity contribution in [1.29, 1.82) is 0 Å². The fraction of sp³-hybridized carbons (Fsp3) is 0.857. The molecule has 1 atom stereocenters. The van der Waals surface area contributed by atoms with Gasteiger partial charge in [-0.25, -0.2) is 4.79 Å². The van der Waals surface area contributed by atoms with E-state index in [0.717, 1.165) is 12.3 Å². The molecule has 0 spiro atoms. The molecule has 0 aromatic carbocycles. The van der Waals surface area contributed by atoms with Crippen LogP contribution in [0.15, 0.2) is 0 Å². The summed E-state index contributed by atoms with van der Waals surface area (Å²) in [6, 6.07) is -0.254. The highest BCUT2D eigenvalue weighted by molar-refractivity contribution is 5.75. The standard InChI is InChI=1S/C14H26N2O3/c1-2-12(13(17)18)10-16-14(19)15-9-8-11-6-4-3-5-7-11/h11-12H,2-10H2,1H3,(H,17,18)(H2,15,16,19). The fourth-order valence-corrected chi connectivity index (χ4v) is 2.55. The molecule has 19 heavy (non-hydrogen) atoms. The number of hydrogen-bond donors (Lipinski definition) is 3. The minimum Gasteiger partial charge on any atom is -0.481 e. The molecule has 1 aliphatic carbocycles. The molecular formula is C14H26N2O3. The van der Waals surface area contributed by atoms with E-state index >= 15 is 0 Å². The van der Waals surface area contributed by atoms with Gasteiger partial charge in [0.05, 0.1) is 5.92 Å². The molecular weight excluding hydrogens is 244 g/mol. The first-order chi connectivity index (χ1) is 9.13. The molecule has 1 unspecified atom stereocenters. The predicted octanol–water partition coefficient (Wildman–Crippen LogP) is 2.37. The first kappa shape index (κ1) is 15.8. The van der Waals surface area contributed by atoms with Crippen LogP contribution in [0, 0.1) is 11.8 Å². The molecule has 0 aromatic heterocycles. The lowest BCUT2D eigenvalue weighted by Crippen LogP contribution is -2.40. The van der Waals surface area contributed by atoms with Gasteiger partial charge in [-0.15, -0.1) is 0 Å². The summed E-state index contributed by atoms with van der Waals surface area (Å²) in [4.78, 5) is 22.3. The van der Waals surface area contributed by atoms with Gasteiger partial charge in [-0.3, -0.25) is 4.79 Å². The van der Waals surface area contributed by atoms with Gasteiger partial charge < -0.3 is 15.7 Å². The first-order valence-corrected chi connectivity index (χ1v) is 7.38. The lowest BCUT2D eigenvalue weighted by atomic mass is 9.87. The number of carboxylic acids is 1. The van der Waals surface area contributed by atoms with Gasteiger partial charge in [0.15, 0.2) is 0 Å². The Bertz CT molecular complexity index is 288. The quantitative estimate of drug-likeness (QED) is 0.664. The van der Waals surface area contributed by atoms with Crippen molar-refractivity contribution in [1.82, 2.24) is 10.6 Å². The van der Waals surface area contributed by atoms with E-state index < -0.39 is 11.9 Å². The summed E-state index contributed by atoms with van der Waals surface area (Å²) in [5, 5.41) is 14.3. The minimum atomic E-state index is -0.856. The maximum atomic E-state index is 11.5. The van der Waals surface area contributed by atoms with Crippen molar-refractivity contribution in [3.63, 3.8) is 0 Å². The van der Waals surface area contributed by atoms with Crippen molar-refractivity contribution in [2.75, 3.05) is 13.1 Å². The van der Waals surface area contributed by atoms with Crippen LogP contribution in [0.1, 0.15) is 51.9 Å². The average Bonchev–Trinajstić information content (AvgIpc) is 2.40. The Labute approximate surface area is 115 Å². The number of aliphatic carboxylic acids is 1. The second-order valence-corrected chi connectivity index (χ2v) is 5.37. The van der Waals surface area contributed by atoms with E-state index in [1.54, 1.807) is 6.92 Å². The third-order valence-electron chi connectivity index (χ3n) is 3.91. The number of rotatable bonds is 7. The van der Waals surface area contributed by atoms with Crippen LogP contribution in [0.2, 0.25) is 0 Å². The van der Waals surface area contributed by atoms with Crippen molar-refractivity contribution in [3.8, 4) is 0 Å². The smallest absolute Gasteiger partial charge is 0.314 e. The number of urea groups is 1. The van der Waals surface area contributed by atoms with Crippen molar-refractivity contribution < 1.29 is 14.7 Å². The lowest BCUT2D eigenvalue weighted by Gasteiger charge is -2.21. The van der Waals surface area contributed by atoms with Gasteiger partial charge in [0.25, 0.3) is 0 Å². The highest BCUT2D eigenvalue weighted by atomic mass is 16.4. The zero-order valence-corrected chi connectivity index (χ0v) is 11.8. The van der Waals surface area contributed by atoms with Gasteiger partial charge in [-0.1, -0.05) is 39.0 Å². The SMILES string of the molecule is CCC(CNC(=O)NCCC1CCCCC1)C(=O)O. The third-order valence-corrected chi connectivity index (χ3v) is 3.91. The van der Waals surface area contributed by atoms with Crippen LogP contribution in [0.3, 0.4) is 0 Å². The Kier molecular flexibility index (Phi) is 7.30. The van der Waals surface area contributed by atoms with Gasteiger partial charge in [0.1, 0.15) is 0 Å². The number of carboxylic acid groups (broad SMARTS) is 1. The largest absolute Gasteiger partial charge is 0.481 e. The monoisotopic (exact) mass is 270 g/mol. The molecule has 110 valence electrons. The van der Waals surface area contributed by atoms with E-state index in [2.05, 4.69) is 10.6 Å². The fourth-order valence-electron chi connectivity index (χ4n) is 2.55. The molecule has 0 aliphatic heterocycles. The minimum absolute atomic E-state index is 0.196. The maximum absolute atomic E-state index is 11.5. The Morgan fingerprint density at radius 2 is 1.89 bits per heavy atom. The summed E-state index contributed by atoms with van der Waals surface area (Å²) in [7, 11) is 0. The number of carbonyl (C=O) groups excluding carboxylic acids is 1. The summed E-state index contributed by atoms with van der Waals surface area (Å²) < 4.78 is 0. The summed E-state index contributed by atoms with van der Waals surface area (Å²) in [5.41, 5.74) is 0. The van der Waals surface area contributed by atoms with Gasteiger partial charge in [0.2, 0.25) is 0 Å². The molecule has 1 rings (SSSR count). The molecule has 5 heteroatoms. The Balaban J connectivity index is 2.08. The van der Waals surface area contributed by atoms with Crippen LogP contribution in [0.25, 0.3) is 0 Å². The van der Waals surface area contributed by atoms with Crippen molar-refractivity contribution in [3.05, 3.63) is 0 Å². The van der Waals surface area contributed by atoms with Crippen molar-refractivity contribution >= 4 is 12.0 Å². The Hall–Kier alpha value is -1.26. The van der Waals surface area contributed by atoms with Crippen LogP contribution >= 0.6 is 0 Å². The van der Waals surface area contributed by atoms with E-state index in [1.807, 2.05) is 0 Å².